The number of rotatable bonds is 0. The van der Waals surface area contributed by atoms with E-state index in [0.29, 0.717) is 37.7 Å². The van der Waals surface area contributed by atoms with Crippen molar-refractivity contribution < 1.29 is 23.1 Å². The molecule has 1 fully saturated rings. The van der Waals surface area contributed by atoms with Crippen LogP contribution in [0.15, 0.2) is 53.4 Å². The SMILES string of the molecule is CN1C/C=C\[C@H](O)[C@@H]2CC[C@H]2CN2C[C@@]3(CCCc4cc(Cl)ccc43)COc3ccc(cc32)S(=O)(=O)NC(=O)C1(C)C. The molecule has 42 heavy (non-hydrogen) atoms. The van der Waals surface area contributed by atoms with Gasteiger partial charge < -0.3 is 14.7 Å². The number of anilines is 1. The van der Waals surface area contributed by atoms with E-state index in [1.54, 1.807) is 37.9 Å². The molecular weight excluding hydrogens is 574 g/mol. The van der Waals surface area contributed by atoms with Crippen molar-refractivity contribution in [2.45, 2.75) is 67.9 Å². The van der Waals surface area contributed by atoms with E-state index in [1.165, 1.54) is 17.2 Å². The number of likely N-dealkylation sites (N-methyl/N-ethyl adjacent to an activating group) is 1. The molecule has 0 radical (unpaired) electrons. The largest absolute Gasteiger partial charge is 0.490 e. The molecule has 1 amide bonds. The van der Waals surface area contributed by atoms with Gasteiger partial charge in [-0.2, -0.15) is 0 Å². The second-order valence-electron chi connectivity index (χ2n) is 13.0. The summed E-state index contributed by atoms with van der Waals surface area (Å²) in [6.45, 7) is 5.55. The summed E-state index contributed by atoms with van der Waals surface area (Å²) >= 11 is 6.38. The quantitative estimate of drug-likeness (QED) is 0.428. The summed E-state index contributed by atoms with van der Waals surface area (Å²) in [6.07, 6.45) is 7.92. The van der Waals surface area contributed by atoms with Crippen molar-refractivity contribution in [3.8, 4) is 5.75 Å². The maximum absolute atomic E-state index is 13.6. The van der Waals surface area contributed by atoms with E-state index in [4.69, 9.17) is 16.3 Å². The molecule has 0 saturated heterocycles. The van der Waals surface area contributed by atoms with Crippen molar-refractivity contribution in [1.82, 2.24) is 9.62 Å². The molecule has 1 spiro atoms. The summed E-state index contributed by atoms with van der Waals surface area (Å²) in [5.41, 5.74) is 1.76. The summed E-state index contributed by atoms with van der Waals surface area (Å²) in [4.78, 5) is 17.3. The maximum atomic E-state index is 13.6. The molecule has 0 unspecified atom stereocenters. The van der Waals surface area contributed by atoms with E-state index >= 15 is 0 Å². The third-order valence-corrected chi connectivity index (χ3v) is 11.7. The first-order chi connectivity index (χ1) is 19.9. The number of sulfonamides is 1. The second-order valence-corrected chi connectivity index (χ2v) is 15.1. The zero-order chi connectivity index (χ0) is 29.9. The lowest BCUT2D eigenvalue weighted by molar-refractivity contribution is -0.128. The molecule has 2 aliphatic heterocycles. The summed E-state index contributed by atoms with van der Waals surface area (Å²) < 4.78 is 35.9. The third kappa shape index (κ3) is 5.23. The molecule has 226 valence electrons. The van der Waals surface area contributed by atoms with Crippen LogP contribution in [-0.2, 0) is 26.7 Å². The van der Waals surface area contributed by atoms with Crippen molar-refractivity contribution in [3.63, 3.8) is 0 Å². The number of hydrogen-bond acceptors (Lipinski definition) is 7. The van der Waals surface area contributed by atoms with Crippen molar-refractivity contribution in [1.29, 1.82) is 0 Å². The Balaban J connectivity index is 1.44. The first-order valence-electron chi connectivity index (χ1n) is 14.8. The smallest absolute Gasteiger partial charge is 0.264 e. The van der Waals surface area contributed by atoms with Crippen LogP contribution >= 0.6 is 11.6 Å². The summed E-state index contributed by atoms with van der Waals surface area (Å²) in [5.74, 6) is 0.340. The van der Waals surface area contributed by atoms with Crippen LogP contribution in [0.1, 0.15) is 50.7 Å². The maximum Gasteiger partial charge on any atom is 0.264 e. The standard InChI is InChI=1S/C32H40ClN3O5S/c1-31(2)30(38)34-42(39,40)24-10-13-29-27(17-24)36(18-22-8-11-25(22)28(37)7-5-15-35(31)3)19-32(20-41-29)14-4-6-21-16-23(33)9-12-26(21)32/h5,7,9-10,12-13,16-17,22,25,28,37H,4,6,8,11,14-15,18-20H2,1-3H3,(H,34,38)/b7-5-/t22-,25+,28-,32-/m0/s1. The Morgan fingerprint density at radius 3 is 2.71 bits per heavy atom. The number of nitrogens with one attached hydrogen (secondary N) is 1. The first kappa shape index (κ1) is 29.5. The fourth-order valence-corrected chi connectivity index (χ4v) is 8.34. The Bertz CT molecular complexity index is 1530. The van der Waals surface area contributed by atoms with Crippen LogP contribution in [0.4, 0.5) is 5.69 Å². The molecule has 2 bridgehead atoms. The number of aryl methyl sites for hydroxylation is 1. The number of aliphatic hydroxyl groups is 1. The molecule has 0 aromatic heterocycles. The van der Waals surface area contributed by atoms with Crippen molar-refractivity contribution in [2.75, 3.05) is 38.2 Å². The van der Waals surface area contributed by atoms with Gasteiger partial charge in [-0.3, -0.25) is 9.69 Å². The number of amides is 1. The minimum absolute atomic E-state index is 0.0191. The number of carbonyl (C=O) groups excluding carboxylic acids is 1. The monoisotopic (exact) mass is 613 g/mol. The van der Waals surface area contributed by atoms with Gasteiger partial charge in [0.15, 0.2) is 0 Å². The van der Waals surface area contributed by atoms with Gasteiger partial charge in [-0.05, 0) is 106 Å². The van der Waals surface area contributed by atoms with Crippen LogP contribution in [0, 0.1) is 11.8 Å². The molecule has 1 saturated carbocycles. The van der Waals surface area contributed by atoms with Crippen molar-refractivity contribution in [3.05, 3.63) is 64.7 Å². The lowest BCUT2D eigenvalue weighted by atomic mass is 9.68. The Morgan fingerprint density at radius 1 is 1.14 bits per heavy atom. The predicted molar refractivity (Wildman–Crippen MR) is 164 cm³/mol. The fraction of sp³-hybridized carbons (Fsp3) is 0.531. The predicted octanol–water partition coefficient (Wildman–Crippen LogP) is 4.29. The highest BCUT2D eigenvalue weighted by Crippen LogP contribution is 2.47. The lowest BCUT2D eigenvalue weighted by Crippen LogP contribution is -2.54. The molecule has 6 rings (SSSR count). The molecule has 8 nitrogen and oxygen atoms in total. The number of nitrogens with zero attached hydrogens (tertiary/aromatic N) is 2. The Morgan fingerprint density at radius 2 is 1.95 bits per heavy atom. The number of halogens is 1. The van der Waals surface area contributed by atoms with E-state index in [2.05, 4.69) is 21.8 Å². The van der Waals surface area contributed by atoms with Crippen LogP contribution in [0.5, 0.6) is 5.75 Å². The molecule has 2 aliphatic carbocycles. The first-order valence-corrected chi connectivity index (χ1v) is 16.7. The highest BCUT2D eigenvalue weighted by atomic mass is 35.5. The number of hydrogen-bond donors (Lipinski definition) is 2. The van der Waals surface area contributed by atoms with Gasteiger partial charge in [0.1, 0.15) is 5.75 Å². The van der Waals surface area contributed by atoms with Crippen molar-refractivity contribution >= 4 is 33.2 Å². The number of benzene rings is 2. The van der Waals surface area contributed by atoms with Gasteiger partial charge in [0, 0.05) is 30.1 Å². The van der Waals surface area contributed by atoms with Gasteiger partial charge in [0.05, 0.1) is 28.8 Å². The summed E-state index contributed by atoms with van der Waals surface area (Å²) in [5, 5.41) is 11.9. The fourth-order valence-electron chi connectivity index (χ4n) is 7.02. The number of carbonyl (C=O) groups is 1. The number of ether oxygens (including phenoxy) is 1. The molecular formula is C32H40ClN3O5S. The molecule has 10 heteroatoms. The minimum atomic E-state index is -4.15. The van der Waals surface area contributed by atoms with Gasteiger partial charge in [-0.15, -0.1) is 0 Å². The summed E-state index contributed by atoms with van der Waals surface area (Å²) in [7, 11) is -2.39. The topological polar surface area (TPSA) is 99.2 Å². The number of fused-ring (bicyclic) bond motifs is 4. The Hall–Kier alpha value is -2.59. The van der Waals surface area contributed by atoms with Gasteiger partial charge in [-0.25, -0.2) is 13.1 Å². The average molecular weight is 614 g/mol. The van der Waals surface area contributed by atoms with E-state index in [1.807, 2.05) is 18.2 Å². The lowest BCUT2D eigenvalue weighted by Gasteiger charge is -2.45. The highest BCUT2D eigenvalue weighted by Gasteiger charge is 2.44. The third-order valence-electron chi connectivity index (χ3n) is 10.1. The van der Waals surface area contributed by atoms with Crippen LogP contribution in [0.25, 0.3) is 0 Å². The molecule has 2 aromatic carbocycles. The van der Waals surface area contributed by atoms with Crippen LogP contribution in [-0.4, -0.2) is 69.3 Å². The van der Waals surface area contributed by atoms with Gasteiger partial charge >= 0.3 is 0 Å². The Labute approximate surface area is 253 Å². The second kappa shape index (κ2) is 10.8. The van der Waals surface area contributed by atoms with Gasteiger partial charge in [0.25, 0.3) is 15.9 Å². The van der Waals surface area contributed by atoms with Gasteiger partial charge in [0.2, 0.25) is 0 Å². The van der Waals surface area contributed by atoms with Crippen LogP contribution in [0.3, 0.4) is 0 Å². The zero-order valence-corrected chi connectivity index (χ0v) is 26.0. The molecule has 4 atom stereocenters. The van der Waals surface area contributed by atoms with E-state index in [0.717, 1.165) is 37.1 Å². The molecule has 2 aromatic rings. The molecule has 2 heterocycles. The molecule has 2 N–H and O–H groups in total. The van der Waals surface area contributed by atoms with Crippen LogP contribution in [0.2, 0.25) is 5.02 Å². The highest BCUT2D eigenvalue weighted by molar-refractivity contribution is 7.90. The van der Waals surface area contributed by atoms with E-state index < -0.39 is 27.6 Å². The van der Waals surface area contributed by atoms with E-state index in [9.17, 15) is 18.3 Å². The number of aliphatic hydroxyl groups excluding tert-OH is 1. The summed E-state index contributed by atoms with van der Waals surface area (Å²) in [6, 6.07) is 11.0. The zero-order valence-electron chi connectivity index (χ0n) is 24.5. The normalized spacial score (nSPS) is 31.5. The van der Waals surface area contributed by atoms with Gasteiger partial charge in [-0.1, -0.05) is 29.8 Å². The van der Waals surface area contributed by atoms with Crippen LogP contribution < -0.4 is 14.4 Å². The van der Waals surface area contributed by atoms with Crippen molar-refractivity contribution in [2.24, 2.45) is 11.8 Å². The average Bonchev–Trinajstić information content (AvgIpc) is 3.07. The Kier molecular flexibility index (Phi) is 7.61. The van der Waals surface area contributed by atoms with E-state index in [-0.39, 0.29) is 22.1 Å². The minimum Gasteiger partial charge on any atom is -0.490 e. The molecule has 4 aliphatic rings.